The zero-order chi connectivity index (χ0) is 13.5. The summed E-state index contributed by atoms with van der Waals surface area (Å²) < 4.78 is 4.81. The number of carboxylic acids is 1. The van der Waals surface area contributed by atoms with E-state index in [-0.39, 0.29) is 18.9 Å². The summed E-state index contributed by atoms with van der Waals surface area (Å²) in [7, 11) is 1.49. The second-order valence-electron chi connectivity index (χ2n) is 4.02. The second-order valence-corrected chi connectivity index (χ2v) is 4.02. The molecule has 0 aromatic heterocycles. The van der Waals surface area contributed by atoms with E-state index in [2.05, 4.69) is 5.32 Å². The Labute approximate surface area is 106 Å². The first-order valence-electron chi connectivity index (χ1n) is 5.64. The van der Waals surface area contributed by atoms with E-state index in [9.17, 15) is 9.59 Å². The van der Waals surface area contributed by atoms with E-state index in [4.69, 9.17) is 9.84 Å². The molecule has 0 bridgehead atoms. The Balaban J connectivity index is 2.69. The van der Waals surface area contributed by atoms with E-state index in [0.717, 1.165) is 5.56 Å². The van der Waals surface area contributed by atoms with Gasteiger partial charge in [0.25, 0.3) is 5.91 Å². The summed E-state index contributed by atoms with van der Waals surface area (Å²) in [6.07, 6.45) is 0.239. The van der Waals surface area contributed by atoms with Crippen molar-refractivity contribution < 1.29 is 19.4 Å². The van der Waals surface area contributed by atoms with Gasteiger partial charge in [0.1, 0.15) is 6.04 Å². The highest BCUT2D eigenvalue weighted by Crippen LogP contribution is 2.05. The number of amides is 1. The van der Waals surface area contributed by atoms with Gasteiger partial charge in [-0.05, 0) is 19.1 Å². The highest BCUT2D eigenvalue weighted by Gasteiger charge is 2.20. The van der Waals surface area contributed by atoms with E-state index in [1.54, 1.807) is 18.2 Å². The second kappa shape index (κ2) is 6.76. The summed E-state index contributed by atoms with van der Waals surface area (Å²) in [6, 6.07) is 6.06. The molecule has 1 aromatic carbocycles. The van der Waals surface area contributed by atoms with Crippen LogP contribution in [0.15, 0.2) is 24.3 Å². The number of ether oxygens (including phenoxy) is 1. The molecular formula is C13H17NO4. The molecule has 5 heteroatoms. The Morgan fingerprint density at radius 3 is 2.72 bits per heavy atom. The fourth-order valence-electron chi connectivity index (χ4n) is 1.52. The molecule has 0 fully saturated rings. The SMILES string of the molecule is COCCC(NC(=O)c1cccc(C)c1)C(=O)O. The van der Waals surface area contributed by atoms with Gasteiger partial charge in [-0.15, -0.1) is 0 Å². The molecule has 1 rings (SSSR count). The maximum atomic E-state index is 11.9. The summed E-state index contributed by atoms with van der Waals surface area (Å²) in [5.41, 5.74) is 1.41. The fraction of sp³-hybridized carbons (Fsp3) is 0.385. The van der Waals surface area contributed by atoms with Crippen molar-refractivity contribution in [2.75, 3.05) is 13.7 Å². The summed E-state index contributed by atoms with van der Waals surface area (Å²) >= 11 is 0. The first-order chi connectivity index (χ1) is 8.54. The first-order valence-corrected chi connectivity index (χ1v) is 5.64. The van der Waals surface area contributed by atoms with Gasteiger partial charge < -0.3 is 15.2 Å². The van der Waals surface area contributed by atoms with Crippen LogP contribution in [0.25, 0.3) is 0 Å². The van der Waals surface area contributed by atoms with Crippen LogP contribution >= 0.6 is 0 Å². The monoisotopic (exact) mass is 251 g/mol. The Bertz CT molecular complexity index is 431. The van der Waals surface area contributed by atoms with Gasteiger partial charge >= 0.3 is 5.97 Å². The molecule has 1 aromatic rings. The van der Waals surface area contributed by atoms with Crippen LogP contribution in [0.2, 0.25) is 0 Å². The standard InChI is InChI=1S/C13H17NO4/c1-9-4-3-5-10(8-9)12(15)14-11(13(16)17)6-7-18-2/h3-5,8,11H,6-7H2,1-2H3,(H,14,15)(H,16,17). The zero-order valence-electron chi connectivity index (χ0n) is 10.5. The van der Waals surface area contributed by atoms with Crippen LogP contribution in [-0.4, -0.2) is 36.7 Å². The van der Waals surface area contributed by atoms with Crippen LogP contribution in [-0.2, 0) is 9.53 Å². The minimum absolute atomic E-state index is 0.239. The number of aryl methyl sites for hydroxylation is 1. The molecule has 0 saturated carbocycles. The number of aliphatic carboxylic acids is 1. The lowest BCUT2D eigenvalue weighted by Crippen LogP contribution is -2.41. The smallest absolute Gasteiger partial charge is 0.326 e. The molecule has 0 heterocycles. The zero-order valence-corrected chi connectivity index (χ0v) is 10.5. The van der Waals surface area contributed by atoms with Gasteiger partial charge in [0, 0.05) is 25.7 Å². The van der Waals surface area contributed by atoms with Crippen molar-refractivity contribution in [1.82, 2.24) is 5.32 Å². The third kappa shape index (κ3) is 4.18. The molecule has 1 atom stereocenters. The van der Waals surface area contributed by atoms with Crippen LogP contribution in [0, 0.1) is 6.92 Å². The van der Waals surface area contributed by atoms with Gasteiger partial charge in [0.05, 0.1) is 0 Å². The van der Waals surface area contributed by atoms with Gasteiger partial charge in [0.15, 0.2) is 0 Å². The number of rotatable bonds is 6. The molecule has 1 unspecified atom stereocenters. The number of hydrogen-bond donors (Lipinski definition) is 2. The highest BCUT2D eigenvalue weighted by atomic mass is 16.5. The van der Waals surface area contributed by atoms with E-state index < -0.39 is 12.0 Å². The molecule has 0 spiro atoms. The Kier molecular flexibility index (Phi) is 5.32. The molecule has 18 heavy (non-hydrogen) atoms. The highest BCUT2D eigenvalue weighted by molar-refractivity contribution is 5.96. The number of carboxylic acid groups (broad SMARTS) is 1. The Hall–Kier alpha value is -1.88. The van der Waals surface area contributed by atoms with Crippen molar-refractivity contribution >= 4 is 11.9 Å². The molecular weight excluding hydrogens is 234 g/mol. The lowest BCUT2D eigenvalue weighted by Gasteiger charge is -2.14. The van der Waals surface area contributed by atoms with Gasteiger partial charge in [-0.25, -0.2) is 4.79 Å². The van der Waals surface area contributed by atoms with E-state index in [1.165, 1.54) is 7.11 Å². The molecule has 2 N–H and O–H groups in total. The summed E-state index contributed by atoms with van der Waals surface area (Å²) in [6.45, 7) is 2.15. The molecule has 0 aliphatic heterocycles. The maximum absolute atomic E-state index is 11.9. The average Bonchev–Trinajstić information content (AvgIpc) is 2.33. The number of nitrogens with one attached hydrogen (secondary N) is 1. The summed E-state index contributed by atoms with van der Waals surface area (Å²) in [5, 5.41) is 11.5. The van der Waals surface area contributed by atoms with Crippen molar-refractivity contribution in [2.24, 2.45) is 0 Å². The van der Waals surface area contributed by atoms with Gasteiger partial charge in [-0.3, -0.25) is 4.79 Å². The number of carbonyl (C=O) groups is 2. The third-order valence-corrected chi connectivity index (χ3v) is 2.49. The van der Waals surface area contributed by atoms with Gasteiger partial charge in [-0.2, -0.15) is 0 Å². The van der Waals surface area contributed by atoms with Crippen LogP contribution in [0.5, 0.6) is 0 Å². The quantitative estimate of drug-likeness (QED) is 0.797. The first kappa shape index (κ1) is 14.2. The fourth-order valence-corrected chi connectivity index (χ4v) is 1.52. The summed E-state index contributed by atoms with van der Waals surface area (Å²) in [4.78, 5) is 22.8. The molecule has 98 valence electrons. The van der Waals surface area contributed by atoms with Crippen LogP contribution in [0.3, 0.4) is 0 Å². The van der Waals surface area contributed by atoms with Gasteiger partial charge in [0.2, 0.25) is 0 Å². The average molecular weight is 251 g/mol. The third-order valence-electron chi connectivity index (χ3n) is 2.49. The molecule has 0 saturated heterocycles. The van der Waals surface area contributed by atoms with Gasteiger partial charge in [-0.1, -0.05) is 17.7 Å². The molecule has 0 aliphatic rings. The van der Waals surface area contributed by atoms with E-state index >= 15 is 0 Å². The Morgan fingerprint density at radius 1 is 1.44 bits per heavy atom. The van der Waals surface area contributed by atoms with Crippen molar-refractivity contribution in [1.29, 1.82) is 0 Å². The minimum atomic E-state index is -1.06. The van der Waals surface area contributed by atoms with E-state index in [0.29, 0.717) is 5.56 Å². The van der Waals surface area contributed by atoms with E-state index in [1.807, 2.05) is 13.0 Å². The number of hydrogen-bond acceptors (Lipinski definition) is 3. The molecule has 1 amide bonds. The lowest BCUT2D eigenvalue weighted by molar-refractivity contribution is -0.139. The van der Waals surface area contributed by atoms with Crippen LogP contribution in [0.4, 0.5) is 0 Å². The maximum Gasteiger partial charge on any atom is 0.326 e. The van der Waals surface area contributed by atoms with Crippen LogP contribution in [0.1, 0.15) is 22.3 Å². The Morgan fingerprint density at radius 2 is 2.17 bits per heavy atom. The summed E-state index contributed by atoms with van der Waals surface area (Å²) in [5.74, 6) is -1.45. The molecule has 0 radical (unpaired) electrons. The predicted octanol–water partition coefficient (Wildman–Crippen LogP) is 1.21. The van der Waals surface area contributed by atoms with Crippen molar-refractivity contribution in [2.45, 2.75) is 19.4 Å². The number of benzene rings is 1. The topological polar surface area (TPSA) is 75.6 Å². The predicted molar refractivity (Wildman–Crippen MR) is 66.6 cm³/mol. The molecule has 0 aliphatic carbocycles. The van der Waals surface area contributed by atoms with Crippen molar-refractivity contribution in [3.05, 3.63) is 35.4 Å². The molecule has 5 nitrogen and oxygen atoms in total. The van der Waals surface area contributed by atoms with Crippen molar-refractivity contribution in [3.63, 3.8) is 0 Å². The largest absolute Gasteiger partial charge is 0.480 e. The lowest BCUT2D eigenvalue weighted by atomic mass is 10.1. The van der Waals surface area contributed by atoms with Crippen LogP contribution < -0.4 is 5.32 Å². The number of carbonyl (C=O) groups excluding carboxylic acids is 1. The van der Waals surface area contributed by atoms with Crippen molar-refractivity contribution in [3.8, 4) is 0 Å². The number of methoxy groups -OCH3 is 1. The normalized spacial score (nSPS) is 11.9. The minimum Gasteiger partial charge on any atom is -0.480 e.